The molecule has 0 spiro atoms. The van der Waals surface area contributed by atoms with Gasteiger partial charge in [0, 0.05) is 72.0 Å². The van der Waals surface area contributed by atoms with Crippen molar-refractivity contribution in [1.29, 1.82) is 5.41 Å². The molecule has 3 heterocycles. The molecule has 16 nitrogen and oxygen atoms in total. The molecule has 0 aliphatic rings. The van der Waals surface area contributed by atoms with Gasteiger partial charge >= 0.3 is 0 Å². The third kappa shape index (κ3) is 8.32. The summed E-state index contributed by atoms with van der Waals surface area (Å²) in [6.07, 6.45) is 1.67. The van der Waals surface area contributed by atoms with Crippen LogP contribution in [0, 0.1) is 26.2 Å². The smallest absolute Gasteiger partial charge is 0.274 e. The van der Waals surface area contributed by atoms with Crippen molar-refractivity contribution in [2.75, 3.05) is 52.2 Å². The lowest BCUT2D eigenvalue weighted by atomic mass is 10.1. The summed E-state index contributed by atoms with van der Waals surface area (Å²) in [5.41, 5.74) is 8.63. The second-order valence-electron chi connectivity index (χ2n) is 10.7. The van der Waals surface area contributed by atoms with Crippen LogP contribution in [0.15, 0.2) is 30.5 Å². The molecule has 0 saturated carbocycles. The van der Waals surface area contributed by atoms with Gasteiger partial charge in [-0.05, 0) is 45.0 Å². The van der Waals surface area contributed by atoms with Crippen LogP contribution in [-0.4, -0.2) is 86.2 Å². The summed E-state index contributed by atoms with van der Waals surface area (Å²) in [5.74, 6) is -0.794. The highest BCUT2D eigenvalue weighted by Crippen LogP contribution is 2.24. The number of carbonyl (C=O) groups excluding carboxylic acids is 4. The Morgan fingerprint density at radius 2 is 1.33 bits per heavy atom. The van der Waals surface area contributed by atoms with Gasteiger partial charge in [0.2, 0.25) is 0 Å². The van der Waals surface area contributed by atoms with E-state index in [0.29, 0.717) is 52.8 Å². The van der Waals surface area contributed by atoms with E-state index in [9.17, 15) is 19.2 Å². The van der Waals surface area contributed by atoms with Crippen molar-refractivity contribution in [3.8, 4) is 0 Å². The molecule has 3 aromatic heterocycles. The van der Waals surface area contributed by atoms with Crippen molar-refractivity contribution in [3.63, 3.8) is 0 Å². The first-order chi connectivity index (χ1) is 22.9. The van der Waals surface area contributed by atoms with Gasteiger partial charge in [0.1, 0.15) is 17.1 Å². The van der Waals surface area contributed by atoms with Gasteiger partial charge in [-0.3, -0.25) is 34.8 Å². The quantitative estimate of drug-likeness (QED) is 0.0504. The highest BCUT2D eigenvalue weighted by atomic mass is 35.5. The van der Waals surface area contributed by atoms with Crippen molar-refractivity contribution in [2.45, 2.75) is 27.2 Å². The second-order valence-corrected chi connectivity index (χ2v) is 11.4. The maximum atomic E-state index is 13.2. The molecule has 4 rings (SSSR count). The number of halogens is 2. The van der Waals surface area contributed by atoms with Crippen molar-refractivity contribution < 1.29 is 19.2 Å². The Balaban J connectivity index is 1.37. The number of amidine groups is 1. The molecule has 254 valence electrons. The molecule has 0 saturated heterocycles. The monoisotopic (exact) mass is 698 g/mol. The highest BCUT2D eigenvalue weighted by molar-refractivity contribution is 6.18. The van der Waals surface area contributed by atoms with Gasteiger partial charge in [0.25, 0.3) is 23.6 Å². The van der Waals surface area contributed by atoms with Crippen molar-refractivity contribution in [2.24, 2.45) is 5.73 Å². The number of aromatic nitrogens is 5. The van der Waals surface area contributed by atoms with Crippen molar-refractivity contribution in [1.82, 2.24) is 30.7 Å². The zero-order valence-electron chi connectivity index (χ0n) is 26.4. The minimum absolute atomic E-state index is 0.0532. The van der Waals surface area contributed by atoms with E-state index in [4.69, 9.17) is 34.3 Å². The van der Waals surface area contributed by atoms with Gasteiger partial charge in [-0.15, -0.1) is 23.2 Å². The molecule has 0 atom stereocenters. The van der Waals surface area contributed by atoms with E-state index in [0.717, 1.165) is 5.69 Å². The molecule has 0 unspecified atom stereocenters. The van der Waals surface area contributed by atoms with E-state index in [1.54, 1.807) is 32.9 Å². The molecule has 0 fully saturated rings. The first kappa shape index (κ1) is 35.5. The average molecular weight is 700 g/mol. The van der Waals surface area contributed by atoms with E-state index >= 15 is 0 Å². The number of nitrogens with one attached hydrogen (secondary N) is 8. The lowest BCUT2D eigenvalue weighted by Gasteiger charge is -2.22. The lowest BCUT2D eigenvalue weighted by molar-refractivity contribution is 0.0946. The zero-order chi connectivity index (χ0) is 35.0. The van der Waals surface area contributed by atoms with Crippen LogP contribution < -0.4 is 31.9 Å². The number of carbonyl (C=O) groups is 4. The van der Waals surface area contributed by atoms with Crippen molar-refractivity contribution in [3.05, 3.63) is 69.8 Å². The van der Waals surface area contributed by atoms with E-state index in [1.807, 2.05) is 17.0 Å². The zero-order valence-corrected chi connectivity index (χ0v) is 27.9. The first-order valence-electron chi connectivity index (χ1n) is 14.7. The summed E-state index contributed by atoms with van der Waals surface area (Å²) in [7, 11) is 0. The Morgan fingerprint density at radius 1 is 0.792 bits per heavy atom. The summed E-state index contributed by atoms with van der Waals surface area (Å²) in [6, 6.07) is 6.98. The molecule has 0 radical (unpaired) electrons. The molecule has 10 N–H and O–H groups in total. The van der Waals surface area contributed by atoms with E-state index < -0.39 is 23.6 Å². The van der Waals surface area contributed by atoms with Gasteiger partial charge < -0.3 is 36.9 Å². The third-order valence-electron chi connectivity index (χ3n) is 7.44. The number of aromatic amines is 3. The lowest BCUT2D eigenvalue weighted by Crippen LogP contribution is -2.28. The Morgan fingerprint density at radius 3 is 1.90 bits per heavy atom. The van der Waals surface area contributed by atoms with Gasteiger partial charge in [-0.25, -0.2) is 0 Å². The van der Waals surface area contributed by atoms with Crippen LogP contribution in [0.2, 0.25) is 0 Å². The van der Waals surface area contributed by atoms with Crippen LogP contribution in [0.25, 0.3) is 0 Å². The molecule has 18 heteroatoms. The number of amides is 4. The fourth-order valence-corrected chi connectivity index (χ4v) is 5.08. The van der Waals surface area contributed by atoms with E-state index in [2.05, 4.69) is 46.6 Å². The number of benzene rings is 1. The number of hydrogen-bond donors (Lipinski definition) is 9. The molecule has 48 heavy (non-hydrogen) atoms. The van der Waals surface area contributed by atoms with Crippen LogP contribution in [-0.2, 0) is 0 Å². The van der Waals surface area contributed by atoms with Crippen LogP contribution in [0.3, 0.4) is 0 Å². The number of nitrogens with zero attached hydrogens (tertiary/aromatic N) is 3. The van der Waals surface area contributed by atoms with Crippen molar-refractivity contribution >= 4 is 75.7 Å². The molecule has 4 aromatic rings. The van der Waals surface area contributed by atoms with E-state index in [-0.39, 0.29) is 47.5 Å². The Labute approximate surface area is 285 Å². The number of alkyl halides is 2. The number of nitrogens with two attached hydrogens (primary N) is 1. The minimum Gasteiger partial charge on any atom is -0.388 e. The topological polar surface area (TPSA) is 243 Å². The molecular weight excluding hydrogens is 663 g/mol. The number of rotatable bonds is 15. The maximum Gasteiger partial charge on any atom is 0.274 e. The van der Waals surface area contributed by atoms with E-state index in [1.165, 1.54) is 6.20 Å². The van der Waals surface area contributed by atoms with Crippen LogP contribution in [0.1, 0.15) is 64.9 Å². The predicted molar refractivity (Wildman–Crippen MR) is 185 cm³/mol. The summed E-state index contributed by atoms with van der Waals surface area (Å²) >= 11 is 11.8. The van der Waals surface area contributed by atoms with Crippen LogP contribution in [0.4, 0.5) is 23.0 Å². The Bertz CT molecular complexity index is 1810. The largest absolute Gasteiger partial charge is 0.388 e. The first-order valence-corrected chi connectivity index (χ1v) is 15.8. The summed E-state index contributed by atoms with van der Waals surface area (Å²) in [4.78, 5) is 56.4. The third-order valence-corrected chi connectivity index (χ3v) is 7.77. The molecule has 4 amide bonds. The fraction of sp³-hybridized carbons (Fsp3) is 0.300. The Hall–Kier alpha value is -5.35. The Kier molecular flexibility index (Phi) is 11.8. The van der Waals surface area contributed by atoms with Crippen LogP contribution >= 0.6 is 23.2 Å². The number of H-pyrrole nitrogens is 3. The highest BCUT2D eigenvalue weighted by Gasteiger charge is 2.23. The molecule has 1 aromatic carbocycles. The van der Waals surface area contributed by atoms with Crippen LogP contribution in [0.5, 0.6) is 0 Å². The van der Waals surface area contributed by atoms with Gasteiger partial charge in [0.15, 0.2) is 11.6 Å². The molecule has 0 bridgehead atoms. The standard InChI is InChI=1S/C30H36Cl2N12O4/c1-15-20(14-36-22(15)29(47)39-26-16(2)23(40-43-26)28(46)35-11-8-21(33)34)37-30(48)24-17(3)25(42-41-24)38-27(45)18-4-6-19(7-5-18)44(12-9-31)13-10-32/h4-7,14,36H,8-13H2,1-3H3,(H3,33,34)(H,35,46)(H,37,48)(H2,38,41,42,45)(H2,39,40,43,47). The normalized spacial score (nSPS) is 10.8. The summed E-state index contributed by atoms with van der Waals surface area (Å²) in [5, 5.41) is 31.4. The molecule has 0 aliphatic heterocycles. The average Bonchev–Trinajstić information content (AvgIpc) is 3.73. The second kappa shape index (κ2) is 16.0. The summed E-state index contributed by atoms with van der Waals surface area (Å²) in [6.45, 7) is 6.32. The van der Waals surface area contributed by atoms with Gasteiger partial charge in [-0.1, -0.05) is 0 Å². The van der Waals surface area contributed by atoms with Gasteiger partial charge in [0.05, 0.1) is 11.5 Å². The fourth-order valence-electron chi connectivity index (χ4n) is 4.67. The number of hydrogen-bond acceptors (Lipinski definition) is 8. The SMILES string of the molecule is Cc1c(NC(=O)c2[nH]nc(NC(=O)c3ccc(N(CCCl)CCCl)cc3)c2C)c[nH]c1C(=O)Nc1n[nH]c(C(=O)NCCC(=N)N)c1C. The number of anilines is 4. The van der Waals surface area contributed by atoms with Gasteiger partial charge in [-0.2, -0.15) is 10.2 Å². The minimum atomic E-state index is -0.548. The molecular formula is C30H36Cl2N12O4. The maximum absolute atomic E-state index is 13.2. The molecule has 0 aliphatic carbocycles. The predicted octanol–water partition coefficient (Wildman–Crippen LogP) is 3.48. The summed E-state index contributed by atoms with van der Waals surface area (Å²) < 4.78 is 0.